The fourth-order valence-corrected chi connectivity index (χ4v) is 3.51. The molecule has 0 fully saturated rings. The first-order valence-electron chi connectivity index (χ1n) is 7.92. The average Bonchev–Trinajstić information content (AvgIpc) is 3.16. The van der Waals surface area contributed by atoms with E-state index in [4.69, 9.17) is 22.6 Å². The fraction of sp³-hybridized carbons (Fsp3) is 0.105. The van der Waals surface area contributed by atoms with Gasteiger partial charge in [-0.05, 0) is 34.9 Å². The monoisotopic (exact) mass is 363 g/mol. The van der Waals surface area contributed by atoms with Crippen LogP contribution in [0.3, 0.4) is 0 Å². The molecule has 3 aromatic rings. The minimum atomic E-state index is -0.182. The van der Waals surface area contributed by atoms with E-state index in [0.29, 0.717) is 28.5 Å². The molecule has 0 spiro atoms. The Labute approximate surface area is 154 Å². The van der Waals surface area contributed by atoms with E-state index in [1.54, 1.807) is 11.0 Å². The maximum absolute atomic E-state index is 12.7. The van der Waals surface area contributed by atoms with Gasteiger partial charge in [0.05, 0.1) is 23.7 Å². The van der Waals surface area contributed by atoms with Crippen LogP contribution in [0.15, 0.2) is 42.5 Å². The van der Waals surface area contributed by atoms with Gasteiger partial charge in [0.15, 0.2) is 0 Å². The molecule has 0 saturated heterocycles. The van der Waals surface area contributed by atoms with E-state index in [0.717, 1.165) is 27.6 Å². The minimum absolute atomic E-state index is 0.182. The van der Waals surface area contributed by atoms with Crippen molar-refractivity contribution in [3.05, 3.63) is 58.8 Å². The number of halogens is 1. The highest BCUT2D eigenvalue weighted by Crippen LogP contribution is 2.37. The molecule has 6 nitrogen and oxygen atoms in total. The number of nitrogens with zero attached hydrogens (tertiary/aromatic N) is 3. The number of carbonyl (C=O) groups excluding carboxylic acids is 1. The van der Waals surface area contributed by atoms with Crippen molar-refractivity contribution in [1.82, 2.24) is 15.1 Å². The van der Waals surface area contributed by atoms with Crippen molar-refractivity contribution in [3.63, 3.8) is 0 Å². The highest BCUT2D eigenvalue weighted by Gasteiger charge is 2.32. The average molecular weight is 364 g/mol. The largest absolute Gasteiger partial charge is 0.398 e. The van der Waals surface area contributed by atoms with Gasteiger partial charge >= 0.3 is 0 Å². The van der Waals surface area contributed by atoms with Gasteiger partial charge in [-0.25, -0.2) is 0 Å². The first-order chi connectivity index (χ1) is 12.5. The molecule has 0 bridgehead atoms. The number of aromatic amines is 1. The van der Waals surface area contributed by atoms with Crippen molar-refractivity contribution < 1.29 is 4.79 Å². The third kappa shape index (κ3) is 2.41. The lowest BCUT2D eigenvalue weighted by Crippen LogP contribution is -2.26. The Hall–Kier alpha value is -3.30. The third-order valence-electron chi connectivity index (χ3n) is 4.55. The predicted molar refractivity (Wildman–Crippen MR) is 100 cm³/mol. The number of rotatable bonds is 3. The molecule has 0 atom stereocenters. The summed E-state index contributed by atoms with van der Waals surface area (Å²) in [6.07, 6.45) is 0. The Morgan fingerprint density at radius 2 is 2.23 bits per heavy atom. The van der Waals surface area contributed by atoms with Gasteiger partial charge in [-0.15, -0.1) is 0 Å². The number of nitrogens with two attached hydrogens (primary N) is 1. The van der Waals surface area contributed by atoms with Crippen LogP contribution in [0.1, 0.15) is 15.9 Å². The van der Waals surface area contributed by atoms with Crippen molar-refractivity contribution in [2.75, 3.05) is 12.3 Å². The van der Waals surface area contributed by atoms with Gasteiger partial charge in [-0.2, -0.15) is 10.4 Å². The standard InChI is InChI=1S/C19H14ClN5O/c1-10(7-21)8-25-9-14-12(3-4-15(22)17(14)19(25)26)11-2-5-16-13(6-11)18(20)24-23-16/h2-6H,1,8-9,22H2,(H,23,24). The van der Waals surface area contributed by atoms with Crippen molar-refractivity contribution in [2.24, 2.45) is 0 Å². The van der Waals surface area contributed by atoms with Gasteiger partial charge in [0, 0.05) is 23.2 Å². The first kappa shape index (κ1) is 16.2. The molecule has 2 heterocycles. The van der Waals surface area contributed by atoms with Crippen molar-refractivity contribution in [3.8, 4) is 17.2 Å². The van der Waals surface area contributed by atoms with Gasteiger partial charge in [0.2, 0.25) is 0 Å². The number of hydrogen-bond donors (Lipinski definition) is 2. The maximum atomic E-state index is 12.7. The highest BCUT2D eigenvalue weighted by atomic mass is 35.5. The van der Waals surface area contributed by atoms with Gasteiger partial charge in [0.25, 0.3) is 5.91 Å². The summed E-state index contributed by atoms with van der Waals surface area (Å²) in [5.74, 6) is -0.182. The Morgan fingerprint density at radius 1 is 1.42 bits per heavy atom. The van der Waals surface area contributed by atoms with Crippen LogP contribution in [-0.2, 0) is 6.54 Å². The second-order valence-corrected chi connectivity index (χ2v) is 6.58. The quantitative estimate of drug-likeness (QED) is 0.549. The molecule has 7 heteroatoms. The molecule has 0 aliphatic carbocycles. The normalized spacial score (nSPS) is 13.1. The van der Waals surface area contributed by atoms with Crippen LogP contribution < -0.4 is 5.73 Å². The highest BCUT2D eigenvalue weighted by molar-refractivity contribution is 6.34. The van der Waals surface area contributed by atoms with Crippen LogP contribution in [0.2, 0.25) is 5.15 Å². The van der Waals surface area contributed by atoms with Crippen LogP contribution in [-0.4, -0.2) is 27.5 Å². The van der Waals surface area contributed by atoms with Crippen LogP contribution in [0.25, 0.3) is 22.0 Å². The number of nitrogens with one attached hydrogen (secondary N) is 1. The number of nitriles is 1. The molecule has 0 saturated carbocycles. The lowest BCUT2D eigenvalue weighted by atomic mass is 9.95. The number of nitrogen functional groups attached to an aromatic ring is 1. The summed E-state index contributed by atoms with van der Waals surface area (Å²) >= 11 is 6.15. The molecule has 3 N–H and O–H groups in total. The van der Waals surface area contributed by atoms with E-state index >= 15 is 0 Å². The lowest BCUT2D eigenvalue weighted by molar-refractivity contribution is 0.0795. The zero-order valence-electron chi connectivity index (χ0n) is 13.7. The number of H-pyrrole nitrogens is 1. The summed E-state index contributed by atoms with van der Waals surface area (Å²) in [6, 6.07) is 11.4. The summed E-state index contributed by atoms with van der Waals surface area (Å²) in [6.45, 7) is 4.23. The topological polar surface area (TPSA) is 98.8 Å². The van der Waals surface area contributed by atoms with Crippen LogP contribution in [0.4, 0.5) is 5.69 Å². The SMILES string of the molecule is C=C(C#N)CN1Cc2c(-c3ccc4n[nH]c(Cl)c4c3)ccc(N)c2C1=O. The van der Waals surface area contributed by atoms with Gasteiger partial charge in [-0.1, -0.05) is 30.3 Å². The summed E-state index contributed by atoms with van der Waals surface area (Å²) < 4.78 is 0. The van der Waals surface area contributed by atoms with Crippen LogP contribution in [0.5, 0.6) is 0 Å². The predicted octanol–water partition coefficient (Wildman–Crippen LogP) is 3.50. The lowest BCUT2D eigenvalue weighted by Gasteiger charge is -2.14. The van der Waals surface area contributed by atoms with E-state index in [1.807, 2.05) is 30.3 Å². The second kappa shape index (κ2) is 5.90. The number of benzene rings is 2. The number of aromatic nitrogens is 2. The zero-order chi connectivity index (χ0) is 18.4. The Kier molecular flexibility index (Phi) is 3.67. The molecule has 1 aliphatic rings. The summed E-state index contributed by atoms with van der Waals surface area (Å²) in [4.78, 5) is 14.3. The molecular formula is C19H14ClN5O. The molecule has 0 unspecified atom stereocenters. The third-order valence-corrected chi connectivity index (χ3v) is 4.84. The summed E-state index contributed by atoms with van der Waals surface area (Å²) in [7, 11) is 0. The van der Waals surface area contributed by atoms with Gasteiger partial charge < -0.3 is 10.6 Å². The van der Waals surface area contributed by atoms with E-state index < -0.39 is 0 Å². The van der Waals surface area contributed by atoms with E-state index in [9.17, 15) is 4.79 Å². The molecule has 26 heavy (non-hydrogen) atoms. The number of fused-ring (bicyclic) bond motifs is 2. The summed E-state index contributed by atoms with van der Waals surface area (Å²) in [5.41, 5.74) is 10.8. The zero-order valence-corrected chi connectivity index (χ0v) is 14.5. The molecule has 1 amide bonds. The number of amides is 1. The van der Waals surface area contributed by atoms with Crippen LogP contribution in [0, 0.1) is 11.3 Å². The smallest absolute Gasteiger partial charge is 0.256 e. The Bertz CT molecular complexity index is 1120. The molecule has 1 aromatic heterocycles. The molecule has 1 aliphatic heterocycles. The molecule has 2 aromatic carbocycles. The second-order valence-electron chi connectivity index (χ2n) is 6.20. The number of anilines is 1. The Balaban J connectivity index is 1.83. The molecule has 128 valence electrons. The van der Waals surface area contributed by atoms with E-state index in [-0.39, 0.29) is 12.5 Å². The maximum Gasteiger partial charge on any atom is 0.256 e. The molecular weight excluding hydrogens is 350 g/mol. The molecule has 4 rings (SSSR count). The Morgan fingerprint density at radius 3 is 3.00 bits per heavy atom. The number of carbonyl (C=O) groups is 1. The number of hydrogen-bond acceptors (Lipinski definition) is 4. The van der Waals surface area contributed by atoms with Crippen molar-refractivity contribution in [1.29, 1.82) is 5.26 Å². The summed E-state index contributed by atoms with van der Waals surface area (Å²) in [5, 5.41) is 17.1. The fourth-order valence-electron chi connectivity index (χ4n) is 3.31. The minimum Gasteiger partial charge on any atom is -0.398 e. The van der Waals surface area contributed by atoms with Crippen molar-refractivity contribution >= 4 is 34.1 Å². The van der Waals surface area contributed by atoms with Crippen molar-refractivity contribution in [2.45, 2.75) is 6.54 Å². The first-order valence-corrected chi connectivity index (χ1v) is 8.30. The van der Waals surface area contributed by atoms with E-state index in [2.05, 4.69) is 16.8 Å². The van der Waals surface area contributed by atoms with Gasteiger partial charge in [0.1, 0.15) is 5.15 Å². The molecule has 0 radical (unpaired) electrons. The van der Waals surface area contributed by atoms with E-state index in [1.165, 1.54) is 0 Å². The van der Waals surface area contributed by atoms with Gasteiger partial charge in [-0.3, -0.25) is 9.89 Å². The van der Waals surface area contributed by atoms with Crippen LogP contribution >= 0.6 is 11.6 Å².